The summed E-state index contributed by atoms with van der Waals surface area (Å²) in [5, 5.41) is 0. The van der Waals surface area contributed by atoms with E-state index in [0.717, 1.165) is 0 Å². The molecule has 0 fully saturated rings. The number of esters is 1. The van der Waals surface area contributed by atoms with Gasteiger partial charge in [-0.25, -0.2) is 13.2 Å². The first-order valence-corrected chi connectivity index (χ1v) is 8.07. The minimum atomic E-state index is -4.26. The molecule has 0 aromatic heterocycles. The summed E-state index contributed by atoms with van der Waals surface area (Å²) in [6.07, 6.45) is 0. The van der Waals surface area contributed by atoms with Gasteiger partial charge in [0.25, 0.3) is 9.05 Å². The van der Waals surface area contributed by atoms with Crippen LogP contribution in [0.5, 0.6) is 17.2 Å². The van der Waals surface area contributed by atoms with E-state index < -0.39 is 19.9 Å². The monoisotopic (exact) mass is 338 g/mol. The summed E-state index contributed by atoms with van der Waals surface area (Å²) in [6, 6.07) is 1.27. The van der Waals surface area contributed by atoms with Gasteiger partial charge in [0.15, 0.2) is 22.1 Å². The van der Waals surface area contributed by atoms with Crippen molar-refractivity contribution < 1.29 is 32.2 Å². The molecule has 7 nitrogen and oxygen atoms in total. The number of carbonyl (C=O) groups is 1. The summed E-state index contributed by atoms with van der Waals surface area (Å²) < 4.78 is 43.5. The lowest BCUT2D eigenvalue weighted by Crippen LogP contribution is -2.11. The molecule has 0 saturated heterocycles. The van der Waals surface area contributed by atoms with Gasteiger partial charge >= 0.3 is 5.97 Å². The first kappa shape index (κ1) is 17.4. The summed E-state index contributed by atoms with van der Waals surface area (Å²) in [5.41, 5.74) is -0.128. The van der Waals surface area contributed by atoms with Crippen LogP contribution in [0.15, 0.2) is 11.0 Å². The van der Waals surface area contributed by atoms with Crippen LogP contribution in [0.25, 0.3) is 0 Å². The predicted octanol–water partition coefficient (Wildman–Crippen LogP) is 1.82. The highest BCUT2D eigenvalue weighted by Crippen LogP contribution is 2.44. The zero-order chi connectivity index (χ0) is 16.2. The summed E-state index contributed by atoms with van der Waals surface area (Å²) in [4.78, 5) is 11.4. The molecule has 0 atom stereocenters. The fourth-order valence-corrected chi connectivity index (χ4v) is 2.97. The normalized spacial score (nSPS) is 10.9. The molecular weight excluding hydrogens is 324 g/mol. The van der Waals surface area contributed by atoms with Crippen molar-refractivity contribution in [2.75, 3.05) is 27.9 Å². The van der Waals surface area contributed by atoms with Crippen LogP contribution in [0.3, 0.4) is 0 Å². The Kier molecular flexibility index (Phi) is 5.68. The quantitative estimate of drug-likeness (QED) is 0.577. The second kappa shape index (κ2) is 6.86. The highest BCUT2D eigenvalue weighted by atomic mass is 35.7. The van der Waals surface area contributed by atoms with E-state index in [1.54, 1.807) is 6.92 Å². The van der Waals surface area contributed by atoms with Crippen LogP contribution in [-0.2, 0) is 13.8 Å². The third-order valence-electron chi connectivity index (χ3n) is 2.52. The number of carbonyl (C=O) groups excluding carboxylic acids is 1. The van der Waals surface area contributed by atoms with Gasteiger partial charge in [0, 0.05) is 16.7 Å². The molecule has 1 aromatic rings. The lowest BCUT2D eigenvalue weighted by molar-refractivity contribution is 0.0521. The summed E-state index contributed by atoms with van der Waals surface area (Å²) in [5.74, 6) is -1.17. The molecule has 0 N–H and O–H groups in total. The summed E-state index contributed by atoms with van der Waals surface area (Å²) in [7, 11) is 4.90. The Labute approximate surface area is 127 Å². The zero-order valence-corrected chi connectivity index (χ0v) is 13.5. The molecule has 0 radical (unpaired) electrons. The molecule has 21 heavy (non-hydrogen) atoms. The molecule has 118 valence electrons. The van der Waals surface area contributed by atoms with E-state index in [2.05, 4.69) is 0 Å². The van der Waals surface area contributed by atoms with Gasteiger partial charge in [-0.2, -0.15) is 0 Å². The van der Waals surface area contributed by atoms with E-state index in [-0.39, 0.29) is 29.4 Å². The standard InChI is InChI=1S/C12H15ClO7S/c1-5-20-12(14)7-6-8(17-2)10(19-4)11(9(7)18-3)21(13,15)16/h6H,5H2,1-4H3. The molecule has 0 aliphatic rings. The minimum Gasteiger partial charge on any atom is -0.494 e. The van der Waals surface area contributed by atoms with Crippen molar-refractivity contribution >= 4 is 25.7 Å². The number of ether oxygens (including phenoxy) is 4. The van der Waals surface area contributed by atoms with Crippen molar-refractivity contribution in [2.45, 2.75) is 11.8 Å². The third-order valence-corrected chi connectivity index (χ3v) is 3.84. The average molecular weight is 339 g/mol. The van der Waals surface area contributed by atoms with Gasteiger partial charge in [0.2, 0.25) is 0 Å². The second-order valence-electron chi connectivity index (χ2n) is 3.68. The van der Waals surface area contributed by atoms with Crippen LogP contribution in [0.2, 0.25) is 0 Å². The second-order valence-corrected chi connectivity index (χ2v) is 6.18. The molecule has 0 unspecified atom stereocenters. The average Bonchev–Trinajstić information content (AvgIpc) is 2.43. The number of halogens is 1. The first-order valence-electron chi connectivity index (χ1n) is 5.76. The van der Waals surface area contributed by atoms with E-state index in [9.17, 15) is 13.2 Å². The number of benzene rings is 1. The van der Waals surface area contributed by atoms with Crippen LogP contribution in [0.1, 0.15) is 17.3 Å². The lowest BCUT2D eigenvalue weighted by Gasteiger charge is -2.17. The maximum absolute atomic E-state index is 11.9. The SMILES string of the molecule is CCOC(=O)c1cc(OC)c(OC)c(S(=O)(=O)Cl)c1OC. The highest BCUT2D eigenvalue weighted by Gasteiger charge is 2.31. The van der Waals surface area contributed by atoms with Crippen molar-refractivity contribution in [3.8, 4) is 17.2 Å². The Morgan fingerprint density at radius 2 is 1.71 bits per heavy atom. The molecule has 0 amide bonds. The van der Waals surface area contributed by atoms with Crippen molar-refractivity contribution in [3.63, 3.8) is 0 Å². The molecule has 0 heterocycles. The van der Waals surface area contributed by atoms with Crippen LogP contribution >= 0.6 is 10.7 Å². The lowest BCUT2D eigenvalue weighted by atomic mass is 10.1. The Morgan fingerprint density at radius 3 is 2.10 bits per heavy atom. The third kappa shape index (κ3) is 3.51. The predicted molar refractivity (Wildman–Crippen MR) is 75.1 cm³/mol. The molecule has 0 saturated carbocycles. The van der Waals surface area contributed by atoms with E-state index in [1.807, 2.05) is 0 Å². The smallest absolute Gasteiger partial charge is 0.342 e. The number of rotatable bonds is 6. The minimum absolute atomic E-state index is 0.0144. The van der Waals surface area contributed by atoms with Crippen molar-refractivity contribution in [1.29, 1.82) is 0 Å². The fraction of sp³-hybridized carbons (Fsp3) is 0.417. The van der Waals surface area contributed by atoms with E-state index in [0.29, 0.717) is 0 Å². The molecule has 0 aliphatic carbocycles. The Morgan fingerprint density at radius 1 is 1.14 bits per heavy atom. The van der Waals surface area contributed by atoms with E-state index in [4.69, 9.17) is 29.6 Å². The largest absolute Gasteiger partial charge is 0.494 e. The molecule has 1 aromatic carbocycles. The molecular formula is C12H15ClO7S. The van der Waals surface area contributed by atoms with Gasteiger partial charge < -0.3 is 18.9 Å². The zero-order valence-electron chi connectivity index (χ0n) is 11.9. The van der Waals surface area contributed by atoms with Gasteiger partial charge in [-0.1, -0.05) is 0 Å². The van der Waals surface area contributed by atoms with Crippen molar-refractivity contribution in [3.05, 3.63) is 11.6 Å². The van der Waals surface area contributed by atoms with Crippen LogP contribution in [0.4, 0.5) is 0 Å². The van der Waals surface area contributed by atoms with Crippen LogP contribution < -0.4 is 14.2 Å². The highest BCUT2D eigenvalue weighted by molar-refractivity contribution is 8.14. The molecule has 0 spiro atoms. The van der Waals surface area contributed by atoms with E-state index >= 15 is 0 Å². The first-order chi connectivity index (χ1) is 9.81. The van der Waals surface area contributed by atoms with Gasteiger partial charge in [0.1, 0.15) is 5.56 Å². The Balaban J connectivity index is 3.80. The molecule has 1 rings (SSSR count). The van der Waals surface area contributed by atoms with Crippen LogP contribution in [-0.4, -0.2) is 42.3 Å². The van der Waals surface area contributed by atoms with Gasteiger partial charge in [0.05, 0.1) is 27.9 Å². The Hall–Kier alpha value is -1.67. The van der Waals surface area contributed by atoms with Gasteiger partial charge in [-0.3, -0.25) is 0 Å². The maximum Gasteiger partial charge on any atom is 0.342 e. The van der Waals surface area contributed by atoms with Crippen LogP contribution in [0, 0.1) is 0 Å². The number of methoxy groups -OCH3 is 3. The molecule has 0 bridgehead atoms. The van der Waals surface area contributed by atoms with E-state index in [1.165, 1.54) is 27.4 Å². The van der Waals surface area contributed by atoms with Crippen molar-refractivity contribution in [2.24, 2.45) is 0 Å². The fourth-order valence-electron chi connectivity index (χ4n) is 1.73. The Bertz CT molecular complexity index is 639. The number of hydrogen-bond acceptors (Lipinski definition) is 7. The molecule has 9 heteroatoms. The maximum atomic E-state index is 11.9. The van der Waals surface area contributed by atoms with Gasteiger partial charge in [-0.05, 0) is 6.92 Å². The van der Waals surface area contributed by atoms with Crippen molar-refractivity contribution in [1.82, 2.24) is 0 Å². The molecule has 0 aliphatic heterocycles. The topological polar surface area (TPSA) is 88.1 Å². The summed E-state index contributed by atoms with van der Waals surface area (Å²) >= 11 is 0. The van der Waals surface area contributed by atoms with Gasteiger partial charge in [-0.15, -0.1) is 0 Å². The number of hydrogen-bond donors (Lipinski definition) is 0. The summed E-state index contributed by atoms with van der Waals surface area (Å²) in [6.45, 7) is 1.73.